The fraction of sp³-hybridized carbons (Fsp3) is 0.154. The van der Waals surface area contributed by atoms with Crippen molar-refractivity contribution in [2.75, 3.05) is 11.9 Å². The van der Waals surface area contributed by atoms with Gasteiger partial charge in [-0.1, -0.05) is 0 Å². The molecule has 0 aliphatic heterocycles. The quantitative estimate of drug-likeness (QED) is 0.889. The van der Waals surface area contributed by atoms with Crippen LogP contribution in [0.4, 0.5) is 11.5 Å². The van der Waals surface area contributed by atoms with E-state index in [-0.39, 0.29) is 0 Å². The summed E-state index contributed by atoms with van der Waals surface area (Å²) in [5.41, 5.74) is 1.29. The lowest BCUT2D eigenvalue weighted by molar-refractivity contribution is 0.340. The summed E-state index contributed by atoms with van der Waals surface area (Å²) >= 11 is 0. The zero-order valence-electron chi connectivity index (χ0n) is 9.92. The largest absolute Gasteiger partial charge is 0.494 e. The van der Waals surface area contributed by atoms with Gasteiger partial charge in [0.1, 0.15) is 11.8 Å². The van der Waals surface area contributed by atoms with Crippen molar-refractivity contribution in [1.29, 1.82) is 5.26 Å². The predicted molar refractivity (Wildman–Crippen MR) is 67.6 cm³/mol. The lowest BCUT2D eigenvalue weighted by Crippen LogP contribution is -1.98. The highest BCUT2D eigenvalue weighted by molar-refractivity contribution is 5.62. The van der Waals surface area contributed by atoms with Crippen LogP contribution in [0.1, 0.15) is 12.5 Å². The maximum Gasteiger partial charge on any atom is 0.171 e. The first-order valence-electron chi connectivity index (χ1n) is 5.55. The molecule has 0 spiro atoms. The van der Waals surface area contributed by atoms with Gasteiger partial charge in [-0.25, -0.2) is 0 Å². The van der Waals surface area contributed by atoms with E-state index < -0.39 is 0 Å². The van der Waals surface area contributed by atoms with Gasteiger partial charge in [0.25, 0.3) is 0 Å². The van der Waals surface area contributed by atoms with Crippen molar-refractivity contribution in [1.82, 2.24) is 10.2 Å². The summed E-state index contributed by atoms with van der Waals surface area (Å²) < 4.78 is 5.35. The monoisotopic (exact) mass is 240 g/mol. The highest BCUT2D eigenvalue weighted by atomic mass is 16.5. The number of benzene rings is 1. The Hall–Kier alpha value is -2.61. The van der Waals surface area contributed by atoms with Crippen LogP contribution >= 0.6 is 0 Å². The highest BCUT2D eigenvalue weighted by Gasteiger charge is 2.03. The van der Waals surface area contributed by atoms with Crippen LogP contribution in [0.25, 0.3) is 0 Å². The fourth-order valence-corrected chi connectivity index (χ4v) is 1.45. The number of rotatable bonds is 4. The number of hydrogen-bond acceptors (Lipinski definition) is 5. The van der Waals surface area contributed by atoms with E-state index in [2.05, 4.69) is 21.6 Å². The minimum Gasteiger partial charge on any atom is -0.494 e. The Morgan fingerprint density at radius 2 is 2.06 bits per heavy atom. The summed E-state index contributed by atoms with van der Waals surface area (Å²) in [6.45, 7) is 2.57. The molecule has 0 aliphatic rings. The molecule has 90 valence electrons. The first kappa shape index (κ1) is 11.9. The Balaban J connectivity index is 2.16. The van der Waals surface area contributed by atoms with Crippen molar-refractivity contribution < 1.29 is 4.74 Å². The van der Waals surface area contributed by atoms with Crippen LogP contribution in [-0.4, -0.2) is 16.8 Å². The average Bonchev–Trinajstić information content (AvgIpc) is 2.42. The van der Waals surface area contributed by atoms with Gasteiger partial charge < -0.3 is 10.1 Å². The maximum absolute atomic E-state index is 8.93. The van der Waals surface area contributed by atoms with E-state index >= 15 is 0 Å². The fourth-order valence-electron chi connectivity index (χ4n) is 1.45. The Bertz CT molecular complexity index is 560. The molecule has 1 N–H and O–H groups in total. The third kappa shape index (κ3) is 2.74. The second-order valence-corrected chi connectivity index (χ2v) is 3.49. The van der Waals surface area contributed by atoms with Gasteiger partial charge >= 0.3 is 0 Å². The third-order valence-electron chi connectivity index (χ3n) is 2.27. The van der Waals surface area contributed by atoms with Crippen LogP contribution in [0.5, 0.6) is 5.75 Å². The highest BCUT2D eigenvalue weighted by Crippen LogP contribution is 2.20. The van der Waals surface area contributed by atoms with E-state index in [9.17, 15) is 0 Å². The van der Waals surface area contributed by atoms with Gasteiger partial charge in [0.2, 0.25) is 0 Å². The van der Waals surface area contributed by atoms with E-state index in [1.807, 2.05) is 31.2 Å². The van der Waals surface area contributed by atoms with Gasteiger partial charge in [0.15, 0.2) is 5.82 Å². The Morgan fingerprint density at radius 1 is 1.28 bits per heavy atom. The van der Waals surface area contributed by atoms with E-state index in [4.69, 9.17) is 10.00 Å². The molecule has 0 radical (unpaired) electrons. The number of aromatic nitrogens is 2. The predicted octanol–water partition coefficient (Wildman–Crippen LogP) is 2.49. The molecule has 5 nitrogen and oxygen atoms in total. The van der Waals surface area contributed by atoms with Gasteiger partial charge in [0.05, 0.1) is 18.4 Å². The van der Waals surface area contributed by atoms with Gasteiger partial charge in [-0.3, -0.25) is 0 Å². The number of ether oxygens (including phenoxy) is 1. The van der Waals surface area contributed by atoms with Crippen LogP contribution in [0.2, 0.25) is 0 Å². The molecule has 0 atom stereocenters. The van der Waals surface area contributed by atoms with E-state index in [1.165, 1.54) is 6.20 Å². The molecule has 2 rings (SSSR count). The zero-order chi connectivity index (χ0) is 12.8. The molecule has 1 aromatic carbocycles. The molecule has 0 amide bonds. The first-order chi connectivity index (χ1) is 8.83. The molecule has 0 saturated heterocycles. The van der Waals surface area contributed by atoms with Crippen molar-refractivity contribution in [2.45, 2.75) is 6.92 Å². The number of anilines is 2. The third-order valence-corrected chi connectivity index (χ3v) is 2.27. The molecular weight excluding hydrogens is 228 g/mol. The van der Waals surface area contributed by atoms with Gasteiger partial charge in [0, 0.05) is 5.69 Å². The summed E-state index contributed by atoms with van der Waals surface area (Å²) in [5.74, 6) is 1.26. The molecule has 18 heavy (non-hydrogen) atoms. The molecule has 0 unspecified atom stereocenters. The molecule has 1 heterocycles. The molecule has 0 saturated carbocycles. The Kier molecular flexibility index (Phi) is 3.72. The van der Waals surface area contributed by atoms with Crippen LogP contribution in [0.15, 0.2) is 36.5 Å². The summed E-state index contributed by atoms with van der Waals surface area (Å²) in [5, 5.41) is 19.6. The number of nitrogens with zero attached hydrogens (tertiary/aromatic N) is 3. The zero-order valence-corrected chi connectivity index (χ0v) is 9.92. The normalized spacial score (nSPS) is 9.56. The number of hydrogen-bond donors (Lipinski definition) is 1. The maximum atomic E-state index is 8.93. The van der Waals surface area contributed by atoms with Crippen molar-refractivity contribution >= 4 is 11.5 Å². The topological polar surface area (TPSA) is 70.8 Å². The number of nitriles is 1. The van der Waals surface area contributed by atoms with Crippen LogP contribution in [0.3, 0.4) is 0 Å². The van der Waals surface area contributed by atoms with Crippen LogP contribution in [-0.2, 0) is 0 Å². The Morgan fingerprint density at radius 3 is 2.72 bits per heavy atom. The standard InChI is InChI=1S/C13H12N4O/c1-2-18-12-5-3-11(4-6-12)16-13-10(9-14)7-8-15-17-13/h3-8H,2H2,1H3,(H,16,17). The first-order valence-corrected chi connectivity index (χ1v) is 5.55. The van der Waals surface area contributed by atoms with Gasteiger partial charge in [-0.2, -0.15) is 10.4 Å². The molecular formula is C13H12N4O. The molecule has 0 fully saturated rings. The summed E-state index contributed by atoms with van der Waals surface area (Å²) in [6, 6.07) is 11.1. The molecule has 0 bridgehead atoms. The van der Waals surface area contributed by atoms with Crippen molar-refractivity contribution in [3.05, 3.63) is 42.1 Å². The van der Waals surface area contributed by atoms with Crippen molar-refractivity contribution in [2.24, 2.45) is 0 Å². The van der Waals surface area contributed by atoms with E-state index in [1.54, 1.807) is 6.07 Å². The summed E-state index contributed by atoms with van der Waals surface area (Å²) in [4.78, 5) is 0. The minimum atomic E-state index is 0.448. The average molecular weight is 240 g/mol. The van der Waals surface area contributed by atoms with Crippen molar-refractivity contribution in [3.8, 4) is 11.8 Å². The smallest absolute Gasteiger partial charge is 0.171 e. The summed E-state index contributed by atoms with van der Waals surface area (Å²) in [7, 11) is 0. The van der Waals surface area contributed by atoms with Crippen LogP contribution in [0, 0.1) is 11.3 Å². The molecule has 0 aliphatic carbocycles. The lowest BCUT2D eigenvalue weighted by atomic mass is 10.2. The van der Waals surface area contributed by atoms with Crippen molar-refractivity contribution in [3.63, 3.8) is 0 Å². The SMILES string of the molecule is CCOc1ccc(Nc2nnccc2C#N)cc1. The molecule has 1 aromatic heterocycles. The van der Waals surface area contributed by atoms with Crippen LogP contribution < -0.4 is 10.1 Å². The minimum absolute atomic E-state index is 0.448. The molecule has 5 heteroatoms. The number of nitrogens with one attached hydrogen (secondary N) is 1. The molecule has 2 aromatic rings. The Labute approximate surface area is 105 Å². The lowest BCUT2D eigenvalue weighted by Gasteiger charge is -2.07. The van der Waals surface area contributed by atoms with Gasteiger partial charge in [-0.15, -0.1) is 5.10 Å². The second-order valence-electron chi connectivity index (χ2n) is 3.49. The van der Waals surface area contributed by atoms with E-state index in [0.29, 0.717) is 18.0 Å². The van der Waals surface area contributed by atoms with E-state index in [0.717, 1.165) is 11.4 Å². The summed E-state index contributed by atoms with van der Waals surface area (Å²) in [6.07, 6.45) is 1.49. The van der Waals surface area contributed by atoms with Gasteiger partial charge in [-0.05, 0) is 37.3 Å². The second kappa shape index (κ2) is 5.64.